The number of hydrogen-bond donors (Lipinski definition) is 2. The summed E-state index contributed by atoms with van der Waals surface area (Å²) in [4.78, 5) is 4.71. The third kappa shape index (κ3) is 3.44. The number of halogens is 1. The lowest BCUT2D eigenvalue weighted by molar-refractivity contribution is 0.285. The molecule has 5 nitrogen and oxygen atoms in total. The van der Waals surface area contributed by atoms with Gasteiger partial charge in [-0.2, -0.15) is 0 Å². The molecule has 2 N–H and O–H groups in total. The topological polar surface area (TPSA) is 79.3 Å². The van der Waals surface area contributed by atoms with E-state index in [2.05, 4.69) is 25.6 Å². The Kier molecular flexibility index (Phi) is 4.92. The number of aromatic nitrogens is 1. The van der Waals surface area contributed by atoms with E-state index in [1.165, 1.54) is 17.4 Å². The minimum Gasteiger partial charge on any atom is -0.391 e. The zero-order valence-corrected chi connectivity index (χ0v) is 13.8. The predicted molar refractivity (Wildman–Crippen MR) is 80.9 cm³/mol. The van der Waals surface area contributed by atoms with Gasteiger partial charge >= 0.3 is 0 Å². The van der Waals surface area contributed by atoms with E-state index in [1.54, 1.807) is 18.5 Å². The second kappa shape index (κ2) is 6.31. The predicted octanol–water partition coefficient (Wildman–Crippen LogP) is 2.18. The van der Waals surface area contributed by atoms with Crippen molar-refractivity contribution in [1.82, 2.24) is 9.71 Å². The molecule has 2 aromatic rings. The molecule has 0 spiro atoms. The number of sulfonamides is 1. The lowest BCUT2D eigenvalue weighted by Gasteiger charge is -2.07. The molecule has 0 saturated carbocycles. The van der Waals surface area contributed by atoms with E-state index in [9.17, 15) is 8.42 Å². The van der Waals surface area contributed by atoms with Gasteiger partial charge in [0.2, 0.25) is 10.0 Å². The number of hydrogen-bond acceptors (Lipinski definition) is 5. The molecule has 0 radical (unpaired) electrons. The Bertz CT molecular complexity index is 713. The van der Waals surface area contributed by atoms with E-state index in [-0.39, 0.29) is 18.0 Å². The zero-order chi connectivity index (χ0) is 14.8. The highest BCUT2D eigenvalue weighted by Crippen LogP contribution is 2.31. The smallest absolute Gasteiger partial charge is 0.242 e. The minimum atomic E-state index is -3.61. The molecule has 20 heavy (non-hydrogen) atoms. The van der Waals surface area contributed by atoms with Gasteiger partial charge in [0.25, 0.3) is 0 Å². The van der Waals surface area contributed by atoms with Gasteiger partial charge in [-0.05, 0) is 46.1 Å². The number of nitrogens with one attached hydrogen (secondary N) is 1. The average Bonchev–Trinajstić information content (AvgIpc) is 2.80. The monoisotopic (exact) mass is 376 g/mol. The second-order valence-electron chi connectivity index (χ2n) is 4.14. The summed E-state index contributed by atoms with van der Waals surface area (Å²) in [6.45, 7) is 1.90. The van der Waals surface area contributed by atoms with Gasteiger partial charge in [0.05, 0.1) is 10.4 Å². The van der Waals surface area contributed by atoms with Gasteiger partial charge in [-0.3, -0.25) is 4.98 Å². The Morgan fingerprint density at radius 1 is 1.50 bits per heavy atom. The first kappa shape index (κ1) is 15.6. The van der Waals surface area contributed by atoms with Crippen LogP contribution < -0.4 is 4.72 Å². The standard InChI is InChI=1S/C12H13BrN2O3S2/c1-8-5-14-3-2-9(8)6-15-20(17,18)11-4-10(7-16)19-12(11)13/h2-5,15-16H,6-7H2,1H3. The van der Waals surface area contributed by atoms with Crippen LogP contribution in [0.3, 0.4) is 0 Å². The fraction of sp³-hybridized carbons (Fsp3) is 0.250. The van der Waals surface area contributed by atoms with Crippen molar-refractivity contribution in [1.29, 1.82) is 0 Å². The Hall–Kier alpha value is -0.800. The van der Waals surface area contributed by atoms with Crippen LogP contribution in [0, 0.1) is 6.92 Å². The number of nitrogens with zero attached hydrogens (tertiary/aromatic N) is 1. The lowest BCUT2D eigenvalue weighted by Crippen LogP contribution is -2.23. The van der Waals surface area contributed by atoms with Gasteiger partial charge < -0.3 is 5.11 Å². The van der Waals surface area contributed by atoms with Crippen molar-refractivity contribution in [3.8, 4) is 0 Å². The van der Waals surface area contributed by atoms with Crippen molar-refractivity contribution in [2.75, 3.05) is 0 Å². The van der Waals surface area contributed by atoms with Gasteiger partial charge in [0.15, 0.2) is 0 Å². The fourth-order valence-electron chi connectivity index (χ4n) is 1.61. The molecule has 2 aromatic heterocycles. The van der Waals surface area contributed by atoms with E-state index < -0.39 is 10.0 Å². The lowest BCUT2D eigenvalue weighted by atomic mass is 10.2. The van der Waals surface area contributed by atoms with Gasteiger partial charge in [-0.1, -0.05) is 0 Å². The van der Waals surface area contributed by atoms with E-state index in [0.717, 1.165) is 11.1 Å². The fourth-order valence-corrected chi connectivity index (χ4v) is 5.16. The second-order valence-corrected chi connectivity index (χ2v) is 8.33. The van der Waals surface area contributed by atoms with Crippen LogP contribution in [-0.4, -0.2) is 18.5 Å². The molecule has 2 rings (SSSR count). The number of aliphatic hydroxyl groups is 1. The average molecular weight is 377 g/mol. The largest absolute Gasteiger partial charge is 0.391 e. The summed E-state index contributed by atoms with van der Waals surface area (Å²) in [6, 6.07) is 3.25. The highest BCUT2D eigenvalue weighted by atomic mass is 79.9. The van der Waals surface area contributed by atoms with Crippen molar-refractivity contribution in [3.05, 3.63) is 44.3 Å². The Morgan fingerprint density at radius 3 is 2.85 bits per heavy atom. The number of aliphatic hydroxyl groups excluding tert-OH is 1. The Balaban J connectivity index is 2.19. The van der Waals surface area contributed by atoms with Gasteiger partial charge in [-0.25, -0.2) is 13.1 Å². The van der Waals surface area contributed by atoms with Gasteiger partial charge in [0.1, 0.15) is 4.90 Å². The molecule has 0 amide bonds. The SMILES string of the molecule is Cc1cnccc1CNS(=O)(=O)c1cc(CO)sc1Br. The number of pyridine rings is 1. The maximum Gasteiger partial charge on any atom is 0.242 e. The highest BCUT2D eigenvalue weighted by molar-refractivity contribution is 9.11. The zero-order valence-electron chi connectivity index (χ0n) is 10.6. The summed E-state index contributed by atoms with van der Waals surface area (Å²) in [5, 5.41) is 9.05. The molecule has 0 aromatic carbocycles. The summed E-state index contributed by atoms with van der Waals surface area (Å²) in [7, 11) is -3.61. The maximum atomic E-state index is 12.2. The molecule has 0 aliphatic heterocycles. The third-order valence-electron chi connectivity index (χ3n) is 2.74. The van der Waals surface area contributed by atoms with Crippen molar-refractivity contribution in [2.24, 2.45) is 0 Å². The highest BCUT2D eigenvalue weighted by Gasteiger charge is 2.20. The molecule has 108 valence electrons. The summed E-state index contributed by atoms with van der Waals surface area (Å²) >= 11 is 4.42. The van der Waals surface area contributed by atoms with Crippen LogP contribution in [0.2, 0.25) is 0 Å². The van der Waals surface area contributed by atoms with Crippen LogP contribution in [0.4, 0.5) is 0 Å². The number of aryl methyl sites for hydroxylation is 1. The summed E-state index contributed by atoms with van der Waals surface area (Å²) in [5.74, 6) is 0. The normalized spacial score (nSPS) is 11.8. The van der Waals surface area contributed by atoms with Crippen molar-refractivity contribution >= 4 is 37.3 Å². The van der Waals surface area contributed by atoms with Gasteiger partial charge in [-0.15, -0.1) is 11.3 Å². The molecule has 0 fully saturated rings. The molecule has 0 atom stereocenters. The van der Waals surface area contributed by atoms with Crippen LogP contribution in [-0.2, 0) is 23.2 Å². The summed E-state index contributed by atoms with van der Waals surface area (Å²) in [6.07, 6.45) is 3.31. The first-order chi connectivity index (χ1) is 9.44. The van der Waals surface area contributed by atoms with Crippen LogP contribution in [0.5, 0.6) is 0 Å². The number of rotatable bonds is 5. The van der Waals surface area contributed by atoms with Crippen molar-refractivity contribution in [3.63, 3.8) is 0 Å². The third-order valence-corrected chi connectivity index (χ3v) is 6.38. The van der Waals surface area contributed by atoms with Gasteiger partial charge in [0, 0.05) is 23.8 Å². The molecular formula is C12H13BrN2O3S2. The van der Waals surface area contributed by atoms with Crippen LogP contribution in [0.1, 0.15) is 16.0 Å². The molecule has 0 saturated heterocycles. The molecule has 0 aliphatic carbocycles. The van der Waals surface area contributed by atoms with E-state index >= 15 is 0 Å². The van der Waals surface area contributed by atoms with Crippen molar-refractivity contribution in [2.45, 2.75) is 25.0 Å². The van der Waals surface area contributed by atoms with Crippen LogP contribution in [0.25, 0.3) is 0 Å². The molecule has 0 unspecified atom stereocenters. The van der Waals surface area contributed by atoms with E-state index in [0.29, 0.717) is 8.66 Å². The molecule has 2 heterocycles. The quantitative estimate of drug-likeness (QED) is 0.837. The molecule has 8 heteroatoms. The van der Waals surface area contributed by atoms with E-state index in [1.807, 2.05) is 6.92 Å². The summed E-state index contributed by atoms with van der Waals surface area (Å²) in [5.41, 5.74) is 1.80. The molecular weight excluding hydrogens is 364 g/mol. The van der Waals surface area contributed by atoms with Crippen LogP contribution >= 0.6 is 27.3 Å². The Morgan fingerprint density at radius 2 is 2.25 bits per heavy atom. The van der Waals surface area contributed by atoms with Crippen molar-refractivity contribution < 1.29 is 13.5 Å². The minimum absolute atomic E-state index is 0.151. The Labute approximate surface area is 129 Å². The summed E-state index contributed by atoms with van der Waals surface area (Å²) < 4.78 is 27.5. The first-order valence-electron chi connectivity index (χ1n) is 5.72. The van der Waals surface area contributed by atoms with E-state index in [4.69, 9.17) is 5.11 Å². The molecule has 0 bridgehead atoms. The number of thiophene rings is 1. The van der Waals surface area contributed by atoms with Crippen LogP contribution in [0.15, 0.2) is 33.2 Å². The first-order valence-corrected chi connectivity index (χ1v) is 8.81. The maximum absolute atomic E-state index is 12.2. The molecule has 0 aliphatic rings.